The lowest BCUT2D eigenvalue weighted by atomic mass is 9.88. The minimum atomic E-state index is 0.144. The molecule has 1 aromatic carbocycles. The molecule has 3 nitrogen and oxygen atoms in total. The summed E-state index contributed by atoms with van der Waals surface area (Å²) in [4.78, 5) is 2.57. The van der Waals surface area contributed by atoms with Crippen molar-refractivity contribution in [1.29, 1.82) is 0 Å². The molecule has 118 valence electrons. The molecule has 0 spiro atoms. The van der Waals surface area contributed by atoms with E-state index in [0.29, 0.717) is 6.04 Å². The smallest absolute Gasteiger partial charge is 0.0504 e. The van der Waals surface area contributed by atoms with Crippen molar-refractivity contribution >= 4 is 0 Å². The number of nitrogens with two attached hydrogens (primary N) is 1. The fraction of sp³-hybridized carbons (Fsp3) is 0.667. The van der Waals surface area contributed by atoms with Crippen molar-refractivity contribution in [1.82, 2.24) is 4.90 Å². The molecule has 0 amide bonds. The Balaban J connectivity index is 2.32. The molecule has 3 N–H and O–H groups in total. The Kier molecular flexibility index (Phi) is 6.22. The van der Waals surface area contributed by atoms with Gasteiger partial charge >= 0.3 is 0 Å². The number of aliphatic hydroxyl groups is 1. The van der Waals surface area contributed by atoms with Gasteiger partial charge in [0.15, 0.2) is 0 Å². The number of hydrogen-bond acceptors (Lipinski definition) is 3. The number of likely N-dealkylation sites (tertiary alicyclic amines) is 1. The SMILES string of the molecule is CCC(N)C(c1ccccc1C)N1CCCCC1CCO. The number of benzene rings is 1. The van der Waals surface area contributed by atoms with Crippen LogP contribution in [-0.4, -0.2) is 35.2 Å². The summed E-state index contributed by atoms with van der Waals surface area (Å²) in [6, 6.07) is 9.48. The van der Waals surface area contributed by atoms with Crippen molar-refractivity contribution in [2.45, 2.75) is 64.1 Å². The molecule has 1 fully saturated rings. The zero-order chi connectivity index (χ0) is 15.2. The molecule has 0 radical (unpaired) electrons. The molecule has 1 aromatic rings. The van der Waals surface area contributed by atoms with Crippen molar-refractivity contribution in [2.24, 2.45) is 5.73 Å². The Morgan fingerprint density at radius 3 is 2.76 bits per heavy atom. The van der Waals surface area contributed by atoms with Crippen molar-refractivity contribution in [3.63, 3.8) is 0 Å². The van der Waals surface area contributed by atoms with Crippen LogP contribution >= 0.6 is 0 Å². The van der Waals surface area contributed by atoms with E-state index in [1.807, 2.05) is 0 Å². The second-order valence-electron chi connectivity index (χ2n) is 6.27. The molecule has 3 unspecified atom stereocenters. The quantitative estimate of drug-likeness (QED) is 0.846. The minimum Gasteiger partial charge on any atom is -0.396 e. The Labute approximate surface area is 129 Å². The molecule has 21 heavy (non-hydrogen) atoms. The van der Waals surface area contributed by atoms with E-state index < -0.39 is 0 Å². The minimum absolute atomic E-state index is 0.144. The van der Waals surface area contributed by atoms with Gasteiger partial charge < -0.3 is 10.8 Å². The van der Waals surface area contributed by atoms with Gasteiger partial charge in [-0.15, -0.1) is 0 Å². The number of hydrogen-bond donors (Lipinski definition) is 2. The van der Waals surface area contributed by atoms with E-state index in [1.165, 1.54) is 30.4 Å². The van der Waals surface area contributed by atoms with Crippen molar-refractivity contribution < 1.29 is 5.11 Å². The summed E-state index contributed by atoms with van der Waals surface area (Å²) in [6.45, 7) is 5.71. The Morgan fingerprint density at radius 2 is 2.10 bits per heavy atom. The first kappa shape index (κ1) is 16.5. The van der Waals surface area contributed by atoms with Gasteiger partial charge in [0.25, 0.3) is 0 Å². The van der Waals surface area contributed by atoms with Crippen molar-refractivity contribution in [3.05, 3.63) is 35.4 Å². The zero-order valence-corrected chi connectivity index (χ0v) is 13.5. The molecule has 0 aliphatic carbocycles. The van der Waals surface area contributed by atoms with Gasteiger partial charge in [-0.25, -0.2) is 0 Å². The Bertz CT molecular complexity index is 433. The van der Waals surface area contributed by atoms with Crippen LogP contribution < -0.4 is 5.73 Å². The van der Waals surface area contributed by atoms with Gasteiger partial charge in [-0.05, 0) is 50.3 Å². The fourth-order valence-corrected chi connectivity index (χ4v) is 3.65. The standard InChI is InChI=1S/C18H30N2O/c1-3-17(19)18(16-10-5-4-8-14(16)2)20-12-7-6-9-15(20)11-13-21/h4-5,8,10,15,17-18,21H,3,6-7,9,11-13,19H2,1-2H3. The fourth-order valence-electron chi connectivity index (χ4n) is 3.65. The zero-order valence-electron chi connectivity index (χ0n) is 13.5. The highest BCUT2D eigenvalue weighted by Gasteiger charge is 2.33. The third kappa shape index (κ3) is 3.85. The summed E-state index contributed by atoms with van der Waals surface area (Å²) < 4.78 is 0. The molecular formula is C18H30N2O. The normalized spacial score (nSPS) is 23.0. The highest BCUT2D eigenvalue weighted by atomic mass is 16.3. The first-order valence-electron chi connectivity index (χ1n) is 8.36. The molecule has 1 aliphatic heterocycles. The summed E-state index contributed by atoms with van der Waals surface area (Å²) >= 11 is 0. The predicted octanol–water partition coefficient (Wildman–Crippen LogP) is 3.01. The summed E-state index contributed by atoms with van der Waals surface area (Å²) in [7, 11) is 0. The molecule has 2 rings (SSSR count). The van der Waals surface area contributed by atoms with Crippen LogP contribution in [0.3, 0.4) is 0 Å². The Hall–Kier alpha value is -0.900. The van der Waals surface area contributed by atoms with Crippen molar-refractivity contribution in [3.8, 4) is 0 Å². The number of nitrogens with zero attached hydrogens (tertiary/aromatic N) is 1. The van der Waals surface area contributed by atoms with E-state index >= 15 is 0 Å². The summed E-state index contributed by atoms with van der Waals surface area (Å²) in [5.74, 6) is 0. The molecule has 0 saturated carbocycles. The average molecular weight is 290 g/mol. The second-order valence-corrected chi connectivity index (χ2v) is 6.27. The maximum atomic E-state index is 9.38. The van der Waals surface area contributed by atoms with Crippen LogP contribution in [0.15, 0.2) is 24.3 Å². The number of aliphatic hydroxyl groups excluding tert-OH is 1. The van der Waals surface area contributed by atoms with Crippen molar-refractivity contribution in [2.75, 3.05) is 13.2 Å². The van der Waals surface area contributed by atoms with Crippen LogP contribution in [0.1, 0.15) is 56.2 Å². The van der Waals surface area contributed by atoms with Crippen LogP contribution in [0.25, 0.3) is 0 Å². The van der Waals surface area contributed by atoms with Crippen LogP contribution in [-0.2, 0) is 0 Å². The molecule has 3 atom stereocenters. The largest absolute Gasteiger partial charge is 0.396 e. The molecule has 3 heteroatoms. The summed E-state index contributed by atoms with van der Waals surface area (Å²) in [5, 5.41) is 9.38. The molecule has 0 bridgehead atoms. The third-order valence-corrected chi connectivity index (χ3v) is 4.88. The highest BCUT2D eigenvalue weighted by molar-refractivity contribution is 5.30. The molecule has 1 saturated heterocycles. The molecule has 1 aliphatic rings. The monoisotopic (exact) mass is 290 g/mol. The number of rotatable bonds is 6. The highest BCUT2D eigenvalue weighted by Crippen LogP contribution is 2.34. The average Bonchev–Trinajstić information content (AvgIpc) is 2.51. The van der Waals surface area contributed by atoms with E-state index in [1.54, 1.807) is 0 Å². The Morgan fingerprint density at radius 1 is 1.33 bits per heavy atom. The van der Waals surface area contributed by atoms with Gasteiger partial charge in [-0.1, -0.05) is 37.6 Å². The third-order valence-electron chi connectivity index (χ3n) is 4.88. The second kappa shape index (κ2) is 7.92. The maximum Gasteiger partial charge on any atom is 0.0504 e. The molecule has 0 aromatic heterocycles. The lowest BCUT2D eigenvalue weighted by Gasteiger charge is -2.44. The van der Waals surface area contributed by atoms with Gasteiger partial charge in [0.05, 0.1) is 6.04 Å². The van der Waals surface area contributed by atoms with Gasteiger partial charge in [-0.2, -0.15) is 0 Å². The molecular weight excluding hydrogens is 260 g/mol. The predicted molar refractivity (Wildman–Crippen MR) is 88.2 cm³/mol. The summed E-state index contributed by atoms with van der Waals surface area (Å²) in [6.07, 6.45) is 5.52. The van der Waals surface area contributed by atoms with Gasteiger partial charge in [0, 0.05) is 18.7 Å². The van der Waals surface area contributed by atoms with E-state index in [-0.39, 0.29) is 18.7 Å². The van der Waals surface area contributed by atoms with Crippen LogP contribution in [0, 0.1) is 6.92 Å². The maximum absolute atomic E-state index is 9.38. The van der Waals surface area contributed by atoms with E-state index in [4.69, 9.17) is 5.73 Å². The number of aryl methyl sites for hydroxylation is 1. The first-order valence-corrected chi connectivity index (χ1v) is 8.36. The van der Waals surface area contributed by atoms with Gasteiger partial charge in [0.2, 0.25) is 0 Å². The van der Waals surface area contributed by atoms with Gasteiger partial charge in [0.1, 0.15) is 0 Å². The van der Waals surface area contributed by atoms with E-state index in [0.717, 1.165) is 19.4 Å². The lowest BCUT2D eigenvalue weighted by Crippen LogP contribution is -2.48. The summed E-state index contributed by atoms with van der Waals surface area (Å²) in [5.41, 5.74) is 9.18. The van der Waals surface area contributed by atoms with E-state index in [9.17, 15) is 5.11 Å². The first-order chi connectivity index (χ1) is 10.2. The van der Waals surface area contributed by atoms with E-state index in [2.05, 4.69) is 43.0 Å². The van der Waals surface area contributed by atoms with Crippen LogP contribution in [0.5, 0.6) is 0 Å². The molecule has 1 heterocycles. The lowest BCUT2D eigenvalue weighted by molar-refractivity contribution is 0.0616. The van der Waals surface area contributed by atoms with Crippen LogP contribution in [0.2, 0.25) is 0 Å². The number of piperidine rings is 1. The van der Waals surface area contributed by atoms with Crippen LogP contribution in [0.4, 0.5) is 0 Å². The topological polar surface area (TPSA) is 49.5 Å². The van der Waals surface area contributed by atoms with Gasteiger partial charge in [-0.3, -0.25) is 4.90 Å².